The van der Waals surface area contributed by atoms with Crippen LogP contribution in [0, 0.1) is 0 Å². The van der Waals surface area contributed by atoms with Gasteiger partial charge in [-0.05, 0) is 29.3 Å². The highest BCUT2D eigenvalue weighted by molar-refractivity contribution is 7.89. The van der Waals surface area contributed by atoms with Crippen molar-refractivity contribution in [1.29, 1.82) is 0 Å². The van der Waals surface area contributed by atoms with Gasteiger partial charge in [-0.15, -0.1) is 0 Å². The SMILES string of the molecule is CC1(C)CC(=O)Nc2ccc(S(=O)(=O)N3CCN(Cc4ccccc4)CC3)cc21. The van der Waals surface area contributed by atoms with Crippen molar-refractivity contribution in [3.8, 4) is 0 Å². The Hall–Kier alpha value is -2.22. The van der Waals surface area contributed by atoms with Crippen LogP contribution in [0.5, 0.6) is 0 Å². The lowest BCUT2D eigenvalue weighted by atomic mass is 9.78. The summed E-state index contributed by atoms with van der Waals surface area (Å²) < 4.78 is 28.0. The molecule has 7 heteroatoms. The lowest BCUT2D eigenvalue weighted by Crippen LogP contribution is -2.48. The standard InChI is InChI=1S/C22H27N3O3S/c1-22(2)15-21(26)23-20-9-8-18(14-19(20)22)29(27,28)25-12-10-24(11-13-25)16-17-6-4-3-5-7-17/h3-9,14H,10-13,15-16H2,1-2H3,(H,23,26). The highest BCUT2D eigenvalue weighted by atomic mass is 32.2. The van der Waals surface area contributed by atoms with Crippen molar-refractivity contribution in [1.82, 2.24) is 9.21 Å². The molecule has 2 aromatic rings. The Bertz CT molecular complexity index is 1010. The zero-order valence-corrected chi connectivity index (χ0v) is 17.7. The molecule has 1 amide bonds. The minimum atomic E-state index is -3.56. The monoisotopic (exact) mass is 413 g/mol. The van der Waals surface area contributed by atoms with Crippen molar-refractivity contribution in [2.24, 2.45) is 0 Å². The number of amides is 1. The van der Waals surface area contributed by atoms with Gasteiger partial charge < -0.3 is 5.32 Å². The van der Waals surface area contributed by atoms with Crippen molar-refractivity contribution in [3.05, 3.63) is 59.7 Å². The van der Waals surface area contributed by atoms with Crippen LogP contribution < -0.4 is 5.32 Å². The molecule has 1 fully saturated rings. The fourth-order valence-corrected chi connectivity index (χ4v) is 5.61. The molecule has 0 atom stereocenters. The van der Waals surface area contributed by atoms with E-state index < -0.39 is 15.4 Å². The van der Waals surface area contributed by atoms with Crippen molar-refractivity contribution in [3.63, 3.8) is 0 Å². The molecule has 2 aliphatic heterocycles. The summed E-state index contributed by atoms with van der Waals surface area (Å²) in [6.45, 7) is 7.16. The molecule has 1 saturated heterocycles. The Morgan fingerprint density at radius 2 is 1.69 bits per heavy atom. The van der Waals surface area contributed by atoms with E-state index >= 15 is 0 Å². The Morgan fingerprint density at radius 1 is 1.00 bits per heavy atom. The van der Waals surface area contributed by atoms with E-state index in [1.807, 2.05) is 32.0 Å². The lowest BCUT2D eigenvalue weighted by Gasteiger charge is -2.35. The van der Waals surface area contributed by atoms with Crippen molar-refractivity contribution in [2.75, 3.05) is 31.5 Å². The van der Waals surface area contributed by atoms with Crippen molar-refractivity contribution >= 4 is 21.6 Å². The third-order valence-corrected chi connectivity index (χ3v) is 7.71. The zero-order chi connectivity index (χ0) is 20.6. The molecule has 0 unspecified atom stereocenters. The van der Waals surface area contributed by atoms with E-state index in [9.17, 15) is 13.2 Å². The summed E-state index contributed by atoms with van der Waals surface area (Å²) in [7, 11) is -3.56. The quantitative estimate of drug-likeness (QED) is 0.837. The molecule has 2 aliphatic rings. The second-order valence-electron chi connectivity index (χ2n) is 8.48. The molecule has 0 aliphatic carbocycles. The van der Waals surface area contributed by atoms with E-state index in [1.165, 1.54) is 5.56 Å². The van der Waals surface area contributed by atoms with Gasteiger partial charge in [-0.2, -0.15) is 4.31 Å². The minimum Gasteiger partial charge on any atom is -0.326 e. The van der Waals surface area contributed by atoms with Gasteiger partial charge in [0.15, 0.2) is 0 Å². The molecular formula is C22H27N3O3S. The second-order valence-corrected chi connectivity index (χ2v) is 10.4. The molecule has 2 heterocycles. The number of hydrogen-bond donors (Lipinski definition) is 1. The van der Waals surface area contributed by atoms with Crippen LogP contribution in [0.1, 0.15) is 31.4 Å². The van der Waals surface area contributed by atoms with Gasteiger partial charge >= 0.3 is 0 Å². The third kappa shape index (κ3) is 4.08. The van der Waals surface area contributed by atoms with Crippen LogP contribution in [0.15, 0.2) is 53.4 Å². The highest BCUT2D eigenvalue weighted by Crippen LogP contribution is 2.38. The largest absolute Gasteiger partial charge is 0.326 e. The number of benzene rings is 2. The van der Waals surface area contributed by atoms with E-state index in [4.69, 9.17) is 0 Å². The summed E-state index contributed by atoms with van der Waals surface area (Å²) in [5.74, 6) is -0.0346. The summed E-state index contributed by atoms with van der Waals surface area (Å²) in [5.41, 5.74) is 2.43. The molecule has 1 N–H and O–H groups in total. The number of carbonyl (C=O) groups excluding carboxylic acids is 1. The molecule has 0 saturated carbocycles. The van der Waals surface area contributed by atoms with Crippen molar-refractivity contribution in [2.45, 2.75) is 37.1 Å². The van der Waals surface area contributed by atoms with Gasteiger partial charge in [0.1, 0.15) is 0 Å². The Kier molecular flexibility index (Phi) is 5.23. The topological polar surface area (TPSA) is 69.7 Å². The van der Waals surface area contributed by atoms with Crippen LogP contribution in [0.2, 0.25) is 0 Å². The van der Waals surface area contributed by atoms with Crippen LogP contribution in [0.3, 0.4) is 0 Å². The number of hydrogen-bond acceptors (Lipinski definition) is 4. The van der Waals surface area contributed by atoms with E-state index in [2.05, 4.69) is 22.3 Å². The molecule has 0 aromatic heterocycles. The summed E-state index contributed by atoms with van der Waals surface area (Å²) >= 11 is 0. The number of carbonyl (C=O) groups is 1. The first-order valence-electron chi connectivity index (χ1n) is 9.96. The van der Waals surface area contributed by atoms with Gasteiger partial charge in [0.25, 0.3) is 0 Å². The predicted octanol–water partition coefficient (Wildman–Crippen LogP) is 2.81. The summed E-state index contributed by atoms with van der Waals surface area (Å²) in [5, 5.41) is 2.85. The van der Waals surface area contributed by atoms with E-state index in [0.29, 0.717) is 43.2 Å². The molecule has 2 aromatic carbocycles. The third-order valence-electron chi connectivity index (χ3n) is 5.81. The second kappa shape index (κ2) is 7.55. The predicted molar refractivity (Wildman–Crippen MR) is 113 cm³/mol. The molecule has 0 radical (unpaired) electrons. The number of anilines is 1. The fraction of sp³-hybridized carbons (Fsp3) is 0.409. The molecule has 6 nitrogen and oxygen atoms in total. The van der Waals surface area contributed by atoms with Crippen LogP contribution in [0.25, 0.3) is 0 Å². The maximum atomic E-state index is 13.2. The van der Waals surface area contributed by atoms with Crippen LogP contribution in [-0.2, 0) is 26.8 Å². The summed E-state index contributed by atoms with van der Waals surface area (Å²) in [6, 6.07) is 15.3. The number of piperazine rings is 1. The zero-order valence-electron chi connectivity index (χ0n) is 16.9. The normalized spacial score (nSPS) is 20.1. The Morgan fingerprint density at radius 3 is 2.38 bits per heavy atom. The molecule has 154 valence electrons. The number of nitrogens with one attached hydrogen (secondary N) is 1. The van der Waals surface area contributed by atoms with Gasteiger partial charge in [0.05, 0.1) is 4.90 Å². The average Bonchev–Trinajstić information content (AvgIpc) is 2.68. The molecular weight excluding hydrogens is 386 g/mol. The molecule has 29 heavy (non-hydrogen) atoms. The van der Waals surface area contributed by atoms with E-state index in [-0.39, 0.29) is 5.91 Å². The molecule has 4 rings (SSSR count). The lowest BCUT2D eigenvalue weighted by molar-refractivity contribution is -0.117. The first-order valence-corrected chi connectivity index (χ1v) is 11.4. The molecule has 0 bridgehead atoms. The smallest absolute Gasteiger partial charge is 0.243 e. The summed E-state index contributed by atoms with van der Waals surface area (Å²) in [4.78, 5) is 14.5. The van der Waals surface area contributed by atoms with Gasteiger partial charge in [0, 0.05) is 50.2 Å². The van der Waals surface area contributed by atoms with Crippen LogP contribution >= 0.6 is 0 Å². The maximum Gasteiger partial charge on any atom is 0.243 e. The van der Waals surface area contributed by atoms with Crippen LogP contribution in [0.4, 0.5) is 5.69 Å². The average molecular weight is 414 g/mol. The van der Waals surface area contributed by atoms with Gasteiger partial charge in [0.2, 0.25) is 15.9 Å². The Balaban J connectivity index is 1.49. The maximum absolute atomic E-state index is 13.2. The fourth-order valence-electron chi connectivity index (χ4n) is 4.16. The minimum absolute atomic E-state index is 0.0346. The summed E-state index contributed by atoms with van der Waals surface area (Å²) in [6.07, 6.45) is 0.349. The molecule has 0 spiro atoms. The highest BCUT2D eigenvalue weighted by Gasteiger charge is 2.35. The number of nitrogens with zero attached hydrogens (tertiary/aromatic N) is 2. The van der Waals surface area contributed by atoms with E-state index in [0.717, 1.165) is 12.1 Å². The van der Waals surface area contributed by atoms with Crippen LogP contribution in [-0.4, -0.2) is 49.7 Å². The van der Waals surface area contributed by atoms with Gasteiger partial charge in [-0.1, -0.05) is 44.2 Å². The first kappa shape index (κ1) is 20.1. The first-order chi connectivity index (χ1) is 13.8. The number of fused-ring (bicyclic) bond motifs is 1. The van der Waals surface area contributed by atoms with E-state index in [1.54, 1.807) is 22.5 Å². The van der Waals surface area contributed by atoms with Crippen molar-refractivity contribution < 1.29 is 13.2 Å². The number of sulfonamides is 1. The number of rotatable bonds is 4. The van der Waals surface area contributed by atoms with Gasteiger partial charge in [-0.25, -0.2) is 8.42 Å². The Labute approximate surface area is 172 Å². The van der Waals surface area contributed by atoms with Gasteiger partial charge in [-0.3, -0.25) is 9.69 Å².